The minimum atomic E-state index is 1.16. The predicted octanol–water partition coefficient (Wildman–Crippen LogP) is 4.48. The van der Waals surface area contributed by atoms with Crippen molar-refractivity contribution in [2.45, 2.75) is 0 Å². The van der Waals surface area contributed by atoms with E-state index in [4.69, 9.17) is 0 Å². The van der Waals surface area contributed by atoms with Gasteiger partial charge in [-0.25, -0.2) is 0 Å². The quantitative estimate of drug-likeness (QED) is 0.640. The highest BCUT2D eigenvalue weighted by molar-refractivity contribution is 7.13. The smallest absolute Gasteiger partial charge is 0.0346 e. The van der Waals surface area contributed by atoms with E-state index in [0.717, 1.165) is 5.56 Å². The molecule has 0 fully saturated rings. The molecule has 3 aromatic rings. The third-order valence-electron chi connectivity index (χ3n) is 2.69. The molecule has 0 bridgehead atoms. The van der Waals surface area contributed by atoms with Gasteiger partial charge in [0.15, 0.2) is 0 Å². The van der Waals surface area contributed by atoms with Crippen molar-refractivity contribution < 1.29 is 0 Å². The SMILES string of the molecule is c1cncc(-c2ccc(-c3cccs3)cc2)c1. The van der Waals surface area contributed by atoms with Crippen LogP contribution in [0.3, 0.4) is 0 Å². The topological polar surface area (TPSA) is 12.9 Å². The summed E-state index contributed by atoms with van der Waals surface area (Å²) in [6.07, 6.45) is 3.68. The molecule has 1 aromatic carbocycles. The third kappa shape index (κ3) is 2.12. The maximum absolute atomic E-state index is 4.14. The van der Waals surface area contributed by atoms with E-state index in [1.165, 1.54) is 16.0 Å². The summed E-state index contributed by atoms with van der Waals surface area (Å²) in [6, 6.07) is 16.9. The fourth-order valence-corrected chi connectivity index (χ4v) is 2.54. The van der Waals surface area contributed by atoms with Crippen molar-refractivity contribution in [3.05, 3.63) is 66.3 Å². The lowest BCUT2D eigenvalue weighted by Gasteiger charge is -2.02. The minimum Gasteiger partial charge on any atom is -0.264 e. The van der Waals surface area contributed by atoms with Crippen LogP contribution in [-0.2, 0) is 0 Å². The number of rotatable bonds is 2. The maximum Gasteiger partial charge on any atom is 0.0346 e. The molecule has 2 aromatic heterocycles. The first kappa shape index (κ1) is 10.2. The molecule has 2 heteroatoms. The van der Waals surface area contributed by atoms with Crippen LogP contribution in [0.25, 0.3) is 21.6 Å². The highest BCUT2D eigenvalue weighted by atomic mass is 32.1. The number of thiophene rings is 1. The van der Waals surface area contributed by atoms with E-state index in [1.807, 2.05) is 12.3 Å². The van der Waals surface area contributed by atoms with Gasteiger partial charge in [0.25, 0.3) is 0 Å². The summed E-state index contributed by atoms with van der Waals surface area (Å²) in [5, 5.41) is 2.10. The summed E-state index contributed by atoms with van der Waals surface area (Å²) in [6.45, 7) is 0. The van der Waals surface area contributed by atoms with Crippen LogP contribution >= 0.6 is 11.3 Å². The second-order valence-electron chi connectivity index (χ2n) is 3.80. The Bertz CT molecular complexity index is 583. The second-order valence-corrected chi connectivity index (χ2v) is 4.74. The summed E-state index contributed by atoms with van der Waals surface area (Å²) < 4.78 is 0. The van der Waals surface area contributed by atoms with Crippen LogP contribution in [-0.4, -0.2) is 4.98 Å². The molecule has 0 radical (unpaired) electrons. The molecule has 0 atom stereocenters. The Hall–Kier alpha value is -1.93. The molecule has 0 spiro atoms. The van der Waals surface area contributed by atoms with Crippen LogP contribution in [0.5, 0.6) is 0 Å². The van der Waals surface area contributed by atoms with Gasteiger partial charge in [0.05, 0.1) is 0 Å². The Kier molecular flexibility index (Phi) is 2.72. The summed E-state index contributed by atoms with van der Waals surface area (Å²) in [5.74, 6) is 0. The number of pyridine rings is 1. The van der Waals surface area contributed by atoms with E-state index in [1.54, 1.807) is 17.5 Å². The van der Waals surface area contributed by atoms with E-state index < -0.39 is 0 Å². The molecule has 0 amide bonds. The van der Waals surface area contributed by atoms with Crippen LogP contribution < -0.4 is 0 Å². The Morgan fingerprint density at radius 3 is 2.24 bits per heavy atom. The molecular weight excluding hydrogens is 226 g/mol. The Morgan fingerprint density at radius 2 is 1.59 bits per heavy atom. The molecule has 0 saturated heterocycles. The van der Waals surface area contributed by atoms with Gasteiger partial charge in [0.2, 0.25) is 0 Å². The van der Waals surface area contributed by atoms with Gasteiger partial charge in [-0.05, 0) is 34.2 Å². The highest BCUT2D eigenvalue weighted by Gasteiger charge is 2.00. The monoisotopic (exact) mass is 237 g/mol. The van der Waals surface area contributed by atoms with Crippen molar-refractivity contribution >= 4 is 11.3 Å². The molecule has 0 aliphatic carbocycles. The van der Waals surface area contributed by atoms with Crippen LogP contribution in [0.2, 0.25) is 0 Å². The highest BCUT2D eigenvalue weighted by Crippen LogP contribution is 2.27. The van der Waals surface area contributed by atoms with Crippen molar-refractivity contribution in [3.8, 4) is 21.6 Å². The van der Waals surface area contributed by atoms with Crippen molar-refractivity contribution in [3.63, 3.8) is 0 Å². The molecule has 1 nitrogen and oxygen atoms in total. The molecule has 2 heterocycles. The first-order valence-corrected chi connectivity index (χ1v) is 6.36. The van der Waals surface area contributed by atoms with E-state index in [0.29, 0.717) is 0 Å². The fourth-order valence-electron chi connectivity index (χ4n) is 1.80. The molecular formula is C15H11NS. The largest absolute Gasteiger partial charge is 0.264 e. The first-order valence-electron chi connectivity index (χ1n) is 5.48. The van der Waals surface area contributed by atoms with E-state index >= 15 is 0 Å². The van der Waals surface area contributed by atoms with Gasteiger partial charge in [-0.1, -0.05) is 36.4 Å². The van der Waals surface area contributed by atoms with Crippen LogP contribution in [0, 0.1) is 0 Å². The zero-order valence-electron chi connectivity index (χ0n) is 9.21. The maximum atomic E-state index is 4.14. The Labute approximate surface area is 104 Å². The number of hydrogen-bond donors (Lipinski definition) is 0. The van der Waals surface area contributed by atoms with Gasteiger partial charge in [0, 0.05) is 17.3 Å². The number of aromatic nitrogens is 1. The standard InChI is InChI=1S/C15H11NS/c1-3-14(11-16-9-1)12-5-7-13(8-6-12)15-4-2-10-17-15/h1-11H. The average molecular weight is 237 g/mol. The van der Waals surface area contributed by atoms with Crippen LogP contribution in [0.1, 0.15) is 0 Å². The fraction of sp³-hybridized carbons (Fsp3) is 0. The zero-order chi connectivity index (χ0) is 11.5. The average Bonchev–Trinajstić information content (AvgIpc) is 2.94. The van der Waals surface area contributed by atoms with Gasteiger partial charge >= 0.3 is 0 Å². The van der Waals surface area contributed by atoms with E-state index in [-0.39, 0.29) is 0 Å². The number of nitrogens with zero attached hydrogens (tertiary/aromatic N) is 1. The van der Waals surface area contributed by atoms with Crippen LogP contribution in [0.15, 0.2) is 66.3 Å². The van der Waals surface area contributed by atoms with Gasteiger partial charge < -0.3 is 0 Å². The van der Waals surface area contributed by atoms with E-state index in [9.17, 15) is 0 Å². The lowest BCUT2D eigenvalue weighted by Crippen LogP contribution is -1.79. The second kappa shape index (κ2) is 4.52. The van der Waals surface area contributed by atoms with Gasteiger partial charge in [0.1, 0.15) is 0 Å². The van der Waals surface area contributed by atoms with Crippen LogP contribution in [0.4, 0.5) is 0 Å². The third-order valence-corrected chi connectivity index (χ3v) is 3.60. The molecule has 0 N–H and O–H groups in total. The molecule has 0 unspecified atom stereocenters. The van der Waals surface area contributed by atoms with Crippen molar-refractivity contribution in [2.24, 2.45) is 0 Å². The summed E-state index contributed by atoms with van der Waals surface area (Å²) in [4.78, 5) is 5.44. The normalized spacial score (nSPS) is 10.4. The number of hydrogen-bond acceptors (Lipinski definition) is 2. The van der Waals surface area contributed by atoms with E-state index in [2.05, 4.69) is 52.8 Å². The lowest BCUT2D eigenvalue weighted by molar-refractivity contribution is 1.33. The van der Waals surface area contributed by atoms with Gasteiger partial charge in [-0.3, -0.25) is 4.98 Å². The molecule has 0 aliphatic heterocycles. The molecule has 0 saturated carbocycles. The molecule has 0 aliphatic rings. The summed E-state index contributed by atoms with van der Waals surface area (Å²) in [5.41, 5.74) is 3.64. The minimum absolute atomic E-state index is 1.16. The Balaban J connectivity index is 1.96. The van der Waals surface area contributed by atoms with Crippen molar-refractivity contribution in [1.82, 2.24) is 4.98 Å². The van der Waals surface area contributed by atoms with Crippen molar-refractivity contribution in [1.29, 1.82) is 0 Å². The lowest BCUT2D eigenvalue weighted by atomic mass is 10.1. The first-order chi connectivity index (χ1) is 8.43. The Morgan fingerprint density at radius 1 is 0.765 bits per heavy atom. The summed E-state index contributed by atoms with van der Waals surface area (Å²) >= 11 is 1.77. The molecule has 3 rings (SSSR count). The molecule has 17 heavy (non-hydrogen) atoms. The predicted molar refractivity (Wildman–Crippen MR) is 73.0 cm³/mol. The summed E-state index contributed by atoms with van der Waals surface area (Å²) in [7, 11) is 0. The van der Waals surface area contributed by atoms with Gasteiger partial charge in [-0.15, -0.1) is 11.3 Å². The van der Waals surface area contributed by atoms with Crippen molar-refractivity contribution in [2.75, 3.05) is 0 Å². The van der Waals surface area contributed by atoms with Gasteiger partial charge in [-0.2, -0.15) is 0 Å². The molecule has 82 valence electrons. The zero-order valence-corrected chi connectivity index (χ0v) is 10.0. The number of benzene rings is 1.